The molecule has 0 unspecified atom stereocenters. The molecule has 0 aromatic heterocycles. The normalized spacial score (nSPS) is 36.6. The third kappa shape index (κ3) is 4.09. The lowest BCUT2D eigenvalue weighted by atomic mass is 9.45. The van der Waals surface area contributed by atoms with Crippen LogP contribution >= 0.6 is 0 Å². The number of rotatable bonds is 9. The summed E-state index contributed by atoms with van der Waals surface area (Å²) in [7, 11) is 0. The van der Waals surface area contributed by atoms with Crippen LogP contribution in [0.5, 0.6) is 0 Å². The number of carbonyl (C=O) groups is 3. The Balaban J connectivity index is 2.51. The van der Waals surface area contributed by atoms with Crippen molar-refractivity contribution in [2.24, 2.45) is 28.6 Å². The molecule has 0 heterocycles. The van der Waals surface area contributed by atoms with Crippen LogP contribution < -0.4 is 0 Å². The predicted molar refractivity (Wildman–Crippen MR) is 117 cm³/mol. The largest absolute Gasteiger partial charge is 0.458 e. The van der Waals surface area contributed by atoms with Gasteiger partial charge in [0.15, 0.2) is 0 Å². The molecule has 1 fully saturated rings. The molecule has 0 aromatic rings. The van der Waals surface area contributed by atoms with Gasteiger partial charge in [-0.15, -0.1) is 0 Å². The number of fused-ring (bicyclic) bond motifs is 1. The zero-order valence-corrected chi connectivity index (χ0v) is 18.7. The molecule has 0 aromatic carbocycles. The summed E-state index contributed by atoms with van der Waals surface area (Å²) >= 11 is 0. The van der Waals surface area contributed by atoms with Gasteiger partial charge < -0.3 is 14.6 Å². The molecule has 2 aliphatic rings. The Morgan fingerprint density at radius 1 is 1.40 bits per heavy atom. The first kappa shape index (κ1) is 24.3. The van der Waals surface area contributed by atoms with Gasteiger partial charge in [0.05, 0.1) is 17.4 Å². The number of hydrogen-bond donors (Lipinski definition) is 1. The Bertz CT molecular complexity index is 738. The molecule has 166 valence electrons. The molecule has 1 N–H and O–H groups in total. The monoisotopic (exact) mass is 416 g/mol. The van der Waals surface area contributed by atoms with Gasteiger partial charge in [0, 0.05) is 5.57 Å². The average molecular weight is 417 g/mol. The van der Waals surface area contributed by atoms with Gasteiger partial charge in [-0.1, -0.05) is 52.5 Å². The average Bonchev–Trinajstić information content (AvgIpc) is 2.74. The number of allylic oxidation sites excluding steroid dienone is 2. The van der Waals surface area contributed by atoms with Crippen LogP contribution in [-0.4, -0.2) is 35.9 Å². The number of carbonyl (C=O) groups excluding carboxylic acids is 3. The molecule has 7 atom stereocenters. The Hall–Kier alpha value is -2.01. The first-order chi connectivity index (χ1) is 14.1. The lowest BCUT2D eigenvalue weighted by Gasteiger charge is -2.59. The van der Waals surface area contributed by atoms with Gasteiger partial charge in [-0.05, 0) is 55.4 Å². The minimum Gasteiger partial charge on any atom is -0.458 e. The molecule has 2 rings (SSSR count). The summed E-state index contributed by atoms with van der Waals surface area (Å²) in [6.45, 7) is 15.7. The van der Waals surface area contributed by atoms with Gasteiger partial charge in [0.2, 0.25) is 0 Å². The van der Waals surface area contributed by atoms with Crippen LogP contribution in [0, 0.1) is 28.6 Å². The van der Waals surface area contributed by atoms with Gasteiger partial charge in [0.1, 0.15) is 18.7 Å². The van der Waals surface area contributed by atoms with Crippen molar-refractivity contribution in [3.63, 3.8) is 0 Å². The molecule has 30 heavy (non-hydrogen) atoms. The highest BCUT2D eigenvalue weighted by atomic mass is 16.5. The van der Waals surface area contributed by atoms with E-state index in [9.17, 15) is 19.5 Å². The molecule has 5 heteroatoms. The maximum Gasteiger partial charge on any atom is 0.309 e. The van der Waals surface area contributed by atoms with E-state index >= 15 is 0 Å². The lowest BCUT2D eigenvalue weighted by Crippen LogP contribution is -2.60. The molecule has 0 radical (unpaired) electrons. The van der Waals surface area contributed by atoms with E-state index in [2.05, 4.69) is 27.0 Å². The Morgan fingerprint density at radius 2 is 2.07 bits per heavy atom. The first-order valence-electron chi connectivity index (χ1n) is 10.9. The van der Waals surface area contributed by atoms with E-state index in [4.69, 9.17) is 4.74 Å². The van der Waals surface area contributed by atoms with Gasteiger partial charge >= 0.3 is 5.97 Å². The minimum atomic E-state index is -1.28. The highest BCUT2D eigenvalue weighted by molar-refractivity contribution is 5.86. The predicted octanol–water partition coefficient (Wildman–Crippen LogP) is 4.20. The van der Waals surface area contributed by atoms with E-state index < -0.39 is 17.6 Å². The zero-order chi connectivity index (χ0) is 22.7. The van der Waals surface area contributed by atoms with Crippen molar-refractivity contribution in [2.45, 2.75) is 72.0 Å². The van der Waals surface area contributed by atoms with Crippen LogP contribution in [-0.2, 0) is 19.1 Å². The minimum absolute atomic E-state index is 0.111. The number of aldehydes is 2. The quantitative estimate of drug-likeness (QED) is 0.346. The number of aliphatic hydroxyl groups excluding tert-OH is 1. The van der Waals surface area contributed by atoms with Crippen molar-refractivity contribution in [2.75, 3.05) is 0 Å². The van der Waals surface area contributed by atoms with Crippen molar-refractivity contribution in [1.82, 2.24) is 0 Å². The summed E-state index contributed by atoms with van der Waals surface area (Å²) in [5, 5.41) is 11.0. The molecule has 0 aliphatic heterocycles. The van der Waals surface area contributed by atoms with Gasteiger partial charge in [-0.2, -0.15) is 0 Å². The van der Waals surface area contributed by atoms with Crippen LogP contribution in [0.15, 0.2) is 36.5 Å². The van der Waals surface area contributed by atoms with E-state index in [1.807, 2.05) is 13.8 Å². The van der Waals surface area contributed by atoms with E-state index in [0.29, 0.717) is 32.0 Å². The van der Waals surface area contributed by atoms with Crippen LogP contribution in [0.1, 0.15) is 59.8 Å². The molecular weight excluding hydrogens is 380 g/mol. The van der Waals surface area contributed by atoms with E-state index in [1.54, 1.807) is 12.2 Å². The number of aliphatic hydroxyl groups is 1. The highest BCUT2D eigenvalue weighted by Gasteiger charge is 2.62. The second-order valence-corrected chi connectivity index (χ2v) is 9.38. The molecule has 0 saturated heterocycles. The fourth-order valence-corrected chi connectivity index (χ4v) is 5.26. The van der Waals surface area contributed by atoms with Gasteiger partial charge in [0.25, 0.3) is 0 Å². The molecule has 2 aliphatic carbocycles. The van der Waals surface area contributed by atoms with Crippen molar-refractivity contribution >= 4 is 18.5 Å². The lowest BCUT2D eigenvalue weighted by molar-refractivity contribution is -0.167. The second-order valence-electron chi connectivity index (χ2n) is 9.38. The van der Waals surface area contributed by atoms with E-state index in [-0.39, 0.29) is 34.7 Å². The third-order valence-corrected chi connectivity index (χ3v) is 7.84. The maximum absolute atomic E-state index is 12.5. The molecular formula is C25H36O5. The first-order valence-corrected chi connectivity index (χ1v) is 10.9. The fraction of sp³-hybridized carbons (Fsp3) is 0.640. The van der Waals surface area contributed by atoms with Gasteiger partial charge in [-0.25, -0.2) is 0 Å². The number of esters is 1. The van der Waals surface area contributed by atoms with Crippen LogP contribution in [0.2, 0.25) is 0 Å². The maximum atomic E-state index is 12.5. The molecule has 0 amide bonds. The Labute approximate surface area is 180 Å². The molecule has 1 saturated carbocycles. The smallest absolute Gasteiger partial charge is 0.309 e. The van der Waals surface area contributed by atoms with Crippen LogP contribution in [0.25, 0.3) is 0 Å². The number of hydrogen-bond acceptors (Lipinski definition) is 5. The number of ether oxygens (including phenoxy) is 1. The summed E-state index contributed by atoms with van der Waals surface area (Å²) in [5.41, 5.74) is -0.496. The molecule has 5 nitrogen and oxygen atoms in total. The van der Waals surface area contributed by atoms with Crippen LogP contribution in [0.3, 0.4) is 0 Å². The van der Waals surface area contributed by atoms with Crippen LogP contribution in [0.4, 0.5) is 0 Å². The standard InChI is InChI=1S/C25H36O5/c1-7-16(3)9-10-24(6)18(5)11-22(28)25(15-27)19(14-26)12-20(13-21(24)25)30-23(29)17(4)8-2/h7,12,14-15,17-18,20-22,28H,1,3,8-11,13H2,2,4-6H3/t17-,18+,20-,21-,22-,24+,25-/m1/s1. The van der Waals surface area contributed by atoms with E-state index in [1.165, 1.54) is 0 Å². The Kier molecular flexibility index (Phi) is 7.62. The van der Waals surface area contributed by atoms with Crippen molar-refractivity contribution in [3.8, 4) is 0 Å². The van der Waals surface area contributed by atoms with Gasteiger partial charge in [-0.3, -0.25) is 9.59 Å². The Morgan fingerprint density at radius 3 is 2.60 bits per heavy atom. The van der Waals surface area contributed by atoms with Crippen molar-refractivity contribution in [1.29, 1.82) is 0 Å². The molecule has 0 spiro atoms. The summed E-state index contributed by atoms with van der Waals surface area (Å²) < 4.78 is 5.72. The summed E-state index contributed by atoms with van der Waals surface area (Å²) in [4.78, 5) is 36.9. The van der Waals surface area contributed by atoms with Crippen molar-refractivity contribution < 1.29 is 24.2 Å². The third-order valence-electron chi connectivity index (χ3n) is 7.84. The summed E-state index contributed by atoms with van der Waals surface area (Å²) in [5.74, 6) is -0.776. The topological polar surface area (TPSA) is 80.7 Å². The second kappa shape index (κ2) is 9.42. The van der Waals surface area contributed by atoms with E-state index in [0.717, 1.165) is 18.3 Å². The summed E-state index contributed by atoms with van der Waals surface area (Å²) in [6.07, 6.45) is 6.09. The zero-order valence-electron chi connectivity index (χ0n) is 18.7. The summed E-state index contributed by atoms with van der Waals surface area (Å²) in [6, 6.07) is 0. The SMILES string of the molecule is C=CC(=C)CC[C@]1(C)[C@H]2C[C@H](OC(=O)[C@H](C)CC)C=C(C=O)[C@@]2(C=O)[C@H](O)C[C@@H]1C. The molecule has 0 bridgehead atoms. The fourth-order valence-electron chi connectivity index (χ4n) is 5.26. The van der Waals surface area contributed by atoms with Crippen molar-refractivity contribution in [3.05, 3.63) is 36.5 Å². The highest BCUT2D eigenvalue weighted by Crippen LogP contribution is 2.61.